The number of carbonyl (C=O) groups is 2. The minimum atomic E-state index is -0.898. The van der Waals surface area contributed by atoms with Gasteiger partial charge in [-0.2, -0.15) is 0 Å². The molecule has 8 nitrogen and oxygen atoms in total. The van der Waals surface area contributed by atoms with Crippen LogP contribution in [0.1, 0.15) is 59.8 Å². The Morgan fingerprint density at radius 1 is 1.03 bits per heavy atom. The monoisotopic (exact) mass is 490 g/mol. The summed E-state index contributed by atoms with van der Waals surface area (Å²) in [7, 11) is 1.58. The molecule has 1 N–H and O–H groups in total. The van der Waals surface area contributed by atoms with Gasteiger partial charge in [0.1, 0.15) is 11.8 Å². The highest BCUT2D eigenvalue weighted by Crippen LogP contribution is 2.35. The first-order valence-corrected chi connectivity index (χ1v) is 12.3. The van der Waals surface area contributed by atoms with Crippen molar-refractivity contribution in [2.45, 2.75) is 50.7 Å². The summed E-state index contributed by atoms with van der Waals surface area (Å²) in [4.78, 5) is 29.2. The van der Waals surface area contributed by atoms with Crippen LogP contribution in [0.5, 0.6) is 17.2 Å². The summed E-state index contributed by atoms with van der Waals surface area (Å²) in [5.41, 5.74) is 1.46. The SMILES string of the molecule is COc1cccc(C(C(=O)NC2CCCCC2)N(Cc2ccc3c(c2)OCO3)C(=O)c2ccco2)c1. The van der Waals surface area contributed by atoms with Crippen LogP contribution in [0.2, 0.25) is 0 Å². The Balaban J connectivity index is 1.53. The van der Waals surface area contributed by atoms with Gasteiger partial charge in [-0.05, 0) is 60.4 Å². The minimum absolute atomic E-state index is 0.0884. The Morgan fingerprint density at radius 2 is 1.86 bits per heavy atom. The maximum Gasteiger partial charge on any atom is 0.290 e. The Labute approximate surface area is 210 Å². The Bertz CT molecular complexity index is 1200. The van der Waals surface area contributed by atoms with E-state index >= 15 is 0 Å². The summed E-state index contributed by atoms with van der Waals surface area (Å²) >= 11 is 0. The van der Waals surface area contributed by atoms with E-state index in [0.717, 1.165) is 31.2 Å². The third kappa shape index (κ3) is 5.17. The van der Waals surface area contributed by atoms with Crippen molar-refractivity contribution in [3.63, 3.8) is 0 Å². The number of nitrogens with zero attached hydrogens (tertiary/aromatic N) is 1. The van der Waals surface area contributed by atoms with Gasteiger partial charge in [-0.15, -0.1) is 0 Å². The van der Waals surface area contributed by atoms with Crippen LogP contribution in [0.25, 0.3) is 0 Å². The fourth-order valence-corrected chi connectivity index (χ4v) is 4.87. The molecule has 1 atom stereocenters. The van der Waals surface area contributed by atoms with E-state index in [1.807, 2.05) is 36.4 Å². The number of furan rings is 1. The highest BCUT2D eigenvalue weighted by molar-refractivity contribution is 5.96. The molecule has 3 aromatic rings. The van der Waals surface area contributed by atoms with Crippen molar-refractivity contribution in [2.75, 3.05) is 13.9 Å². The normalized spacial score (nSPS) is 15.8. The zero-order chi connectivity index (χ0) is 24.9. The predicted octanol–water partition coefficient (Wildman–Crippen LogP) is 4.85. The Hall–Kier alpha value is -3.94. The van der Waals surface area contributed by atoms with Crippen molar-refractivity contribution < 1.29 is 28.2 Å². The lowest BCUT2D eigenvalue weighted by Crippen LogP contribution is -2.46. The first-order chi connectivity index (χ1) is 17.6. The molecule has 0 saturated heterocycles. The number of rotatable bonds is 8. The lowest BCUT2D eigenvalue weighted by atomic mass is 9.94. The number of ether oxygens (including phenoxy) is 3. The first kappa shape index (κ1) is 23.8. The molecule has 2 aliphatic rings. The molecule has 36 heavy (non-hydrogen) atoms. The molecule has 1 aromatic heterocycles. The topological polar surface area (TPSA) is 90.2 Å². The van der Waals surface area contributed by atoms with E-state index in [2.05, 4.69) is 5.32 Å². The lowest BCUT2D eigenvalue weighted by molar-refractivity contribution is -0.127. The number of benzene rings is 2. The number of carbonyl (C=O) groups excluding carboxylic acids is 2. The van der Waals surface area contributed by atoms with Crippen molar-refractivity contribution in [3.8, 4) is 17.2 Å². The van der Waals surface area contributed by atoms with Gasteiger partial charge in [0, 0.05) is 12.6 Å². The van der Waals surface area contributed by atoms with Gasteiger partial charge < -0.3 is 28.8 Å². The number of amides is 2. The summed E-state index contributed by atoms with van der Waals surface area (Å²) in [5.74, 6) is 1.43. The summed E-state index contributed by atoms with van der Waals surface area (Å²) in [5, 5.41) is 3.21. The molecule has 0 radical (unpaired) electrons. The van der Waals surface area contributed by atoms with E-state index in [-0.39, 0.29) is 37.0 Å². The molecule has 0 spiro atoms. The Kier molecular flexibility index (Phi) is 7.11. The van der Waals surface area contributed by atoms with Gasteiger partial charge in [0.25, 0.3) is 5.91 Å². The molecular formula is C28H30N2O6. The van der Waals surface area contributed by atoms with E-state index in [4.69, 9.17) is 18.6 Å². The molecule has 2 amide bonds. The van der Waals surface area contributed by atoms with Crippen molar-refractivity contribution in [1.29, 1.82) is 0 Å². The molecule has 0 bridgehead atoms. The molecule has 2 aromatic carbocycles. The molecule has 8 heteroatoms. The molecule has 1 unspecified atom stereocenters. The number of hydrogen-bond acceptors (Lipinski definition) is 6. The zero-order valence-electron chi connectivity index (χ0n) is 20.3. The fourth-order valence-electron chi connectivity index (χ4n) is 4.87. The van der Waals surface area contributed by atoms with E-state index in [0.29, 0.717) is 22.8 Å². The second kappa shape index (κ2) is 10.8. The van der Waals surface area contributed by atoms with Gasteiger partial charge in [-0.25, -0.2) is 0 Å². The average molecular weight is 491 g/mol. The van der Waals surface area contributed by atoms with Gasteiger partial charge in [0.15, 0.2) is 17.3 Å². The van der Waals surface area contributed by atoms with E-state index in [9.17, 15) is 9.59 Å². The minimum Gasteiger partial charge on any atom is -0.497 e. The van der Waals surface area contributed by atoms with Crippen molar-refractivity contribution >= 4 is 11.8 Å². The second-order valence-corrected chi connectivity index (χ2v) is 9.12. The summed E-state index contributed by atoms with van der Waals surface area (Å²) in [6.07, 6.45) is 6.67. The molecule has 1 aliphatic carbocycles. The van der Waals surface area contributed by atoms with Crippen molar-refractivity contribution in [2.24, 2.45) is 0 Å². The molecule has 1 aliphatic heterocycles. The van der Waals surface area contributed by atoms with Crippen molar-refractivity contribution in [1.82, 2.24) is 10.2 Å². The summed E-state index contributed by atoms with van der Waals surface area (Å²) < 4.78 is 21.9. The maximum absolute atomic E-state index is 13.9. The van der Waals surface area contributed by atoms with Crippen LogP contribution in [-0.4, -0.2) is 36.7 Å². The zero-order valence-corrected chi connectivity index (χ0v) is 20.3. The van der Waals surface area contributed by atoms with Gasteiger partial charge in [-0.3, -0.25) is 9.59 Å². The fraction of sp³-hybridized carbons (Fsp3) is 0.357. The Morgan fingerprint density at radius 3 is 2.64 bits per heavy atom. The first-order valence-electron chi connectivity index (χ1n) is 12.3. The molecule has 188 valence electrons. The number of hydrogen-bond donors (Lipinski definition) is 1. The molecule has 1 fully saturated rings. The maximum atomic E-state index is 13.9. The van der Waals surface area contributed by atoms with E-state index < -0.39 is 6.04 Å². The molecule has 5 rings (SSSR count). The summed E-state index contributed by atoms with van der Waals surface area (Å²) in [6.45, 7) is 0.320. The highest BCUT2D eigenvalue weighted by atomic mass is 16.7. The third-order valence-corrected chi connectivity index (χ3v) is 6.70. The van der Waals surface area contributed by atoms with Crippen LogP contribution in [-0.2, 0) is 11.3 Å². The molecule has 2 heterocycles. The largest absolute Gasteiger partial charge is 0.497 e. The smallest absolute Gasteiger partial charge is 0.290 e. The quantitative estimate of drug-likeness (QED) is 0.486. The number of fused-ring (bicyclic) bond motifs is 1. The average Bonchev–Trinajstić information content (AvgIpc) is 3.61. The van der Waals surface area contributed by atoms with E-state index in [1.165, 1.54) is 12.7 Å². The van der Waals surface area contributed by atoms with Crippen LogP contribution in [0.3, 0.4) is 0 Å². The van der Waals surface area contributed by atoms with Gasteiger partial charge in [0.05, 0.1) is 13.4 Å². The second-order valence-electron chi connectivity index (χ2n) is 9.12. The molecular weight excluding hydrogens is 460 g/mol. The van der Waals surface area contributed by atoms with Crippen LogP contribution in [0.15, 0.2) is 65.3 Å². The predicted molar refractivity (Wildman–Crippen MR) is 132 cm³/mol. The number of nitrogens with one attached hydrogen (secondary N) is 1. The number of methoxy groups -OCH3 is 1. The highest BCUT2D eigenvalue weighted by Gasteiger charge is 2.35. The third-order valence-electron chi connectivity index (χ3n) is 6.70. The van der Waals surface area contributed by atoms with Crippen LogP contribution in [0, 0.1) is 0 Å². The van der Waals surface area contributed by atoms with Crippen molar-refractivity contribution in [3.05, 3.63) is 77.7 Å². The van der Waals surface area contributed by atoms with Crippen LogP contribution >= 0.6 is 0 Å². The van der Waals surface area contributed by atoms with Gasteiger partial charge >= 0.3 is 0 Å². The van der Waals surface area contributed by atoms with Crippen LogP contribution in [0.4, 0.5) is 0 Å². The van der Waals surface area contributed by atoms with Gasteiger partial charge in [-0.1, -0.05) is 37.5 Å². The lowest BCUT2D eigenvalue weighted by Gasteiger charge is -2.33. The van der Waals surface area contributed by atoms with Crippen LogP contribution < -0.4 is 19.5 Å². The molecule has 1 saturated carbocycles. The van der Waals surface area contributed by atoms with Gasteiger partial charge in [0.2, 0.25) is 12.7 Å². The standard InChI is InChI=1S/C28H30N2O6/c1-33-22-10-5-7-20(16-22)26(27(31)29-21-8-3-2-4-9-21)30(28(32)24-11-6-14-34-24)17-19-12-13-23-25(15-19)36-18-35-23/h5-7,10-16,21,26H,2-4,8-9,17-18H2,1H3,(H,29,31). The summed E-state index contributed by atoms with van der Waals surface area (Å²) in [6, 6.07) is 15.3. The van der Waals surface area contributed by atoms with E-state index in [1.54, 1.807) is 30.2 Å².